The van der Waals surface area contributed by atoms with Gasteiger partial charge in [-0.05, 0) is 18.1 Å². The van der Waals surface area contributed by atoms with Gasteiger partial charge in [-0.2, -0.15) is 15.8 Å². The van der Waals surface area contributed by atoms with E-state index in [0.717, 1.165) is 4.88 Å². The SMILES string of the molecule is CC(C)c1ccc(C(C#N)=C(C#N)C#N)s1. The van der Waals surface area contributed by atoms with E-state index in [9.17, 15) is 0 Å². The molecule has 0 radical (unpaired) electrons. The van der Waals surface area contributed by atoms with E-state index in [-0.39, 0.29) is 11.1 Å². The largest absolute Gasteiger partial charge is 0.192 e. The van der Waals surface area contributed by atoms with Crippen molar-refractivity contribution in [2.24, 2.45) is 0 Å². The van der Waals surface area contributed by atoms with Crippen LogP contribution in [0.2, 0.25) is 0 Å². The van der Waals surface area contributed by atoms with Gasteiger partial charge in [0.15, 0.2) is 0 Å². The van der Waals surface area contributed by atoms with Gasteiger partial charge in [-0.3, -0.25) is 0 Å². The van der Waals surface area contributed by atoms with Crippen LogP contribution in [0, 0.1) is 34.0 Å². The zero-order valence-electron chi connectivity index (χ0n) is 8.98. The molecule has 0 aliphatic carbocycles. The van der Waals surface area contributed by atoms with Gasteiger partial charge in [0.2, 0.25) is 0 Å². The summed E-state index contributed by atoms with van der Waals surface area (Å²) in [4.78, 5) is 1.82. The molecule has 0 aliphatic heterocycles. The molecule has 1 heterocycles. The predicted molar refractivity (Wildman–Crippen MR) is 62.2 cm³/mol. The van der Waals surface area contributed by atoms with Crippen LogP contribution in [0.15, 0.2) is 17.7 Å². The van der Waals surface area contributed by atoms with E-state index in [1.54, 1.807) is 18.2 Å². The summed E-state index contributed by atoms with van der Waals surface area (Å²) in [5.74, 6) is 0.381. The number of hydrogen-bond donors (Lipinski definition) is 0. The molecule has 0 spiro atoms. The fraction of sp³-hybridized carbons (Fsp3) is 0.250. The molecule has 0 saturated carbocycles. The first-order valence-electron chi connectivity index (χ1n) is 4.68. The van der Waals surface area contributed by atoms with Gasteiger partial charge in [-0.25, -0.2) is 0 Å². The molecule has 0 saturated heterocycles. The Morgan fingerprint density at radius 3 is 2.12 bits per heavy atom. The lowest BCUT2D eigenvalue weighted by Crippen LogP contribution is -1.82. The second kappa shape index (κ2) is 5.12. The summed E-state index contributed by atoms with van der Waals surface area (Å²) in [6.07, 6.45) is 0. The van der Waals surface area contributed by atoms with E-state index in [1.165, 1.54) is 11.3 Å². The molecular weight excluding hydrogens is 218 g/mol. The van der Waals surface area contributed by atoms with Crippen LogP contribution in [0.3, 0.4) is 0 Å². The van der Waals surface area contributed by atoms with Crippen LogP contribution in [0.1, 0.15) is 29.5 Å². The molecule has 0 aliphatic rings. The van der Waals surface area contributed by atoms with Crippen LogP contribution >= 0.6 is 11.3 Å². The molecule has 3 nitrogen and oxygen atoms in total. The van der Waals surface area contributed by atoms with E-state index in [4.69, 9.17) is 15.8 Å². The molecule has 16 heavy (non-hydrogen) atoms. The van der Waals surface area contributed by atoms with Crippen LogP contribution in [0.4, 0.5) is 0 Å². The first-order valence-corrected chi connectivity index (χ1v) is 5.50. The predicted octanol–water partition coefficient (Wildman–Crippen LogP) is 3.20. The van der Waals surface area contributed by atoms with Crippen LogP contribution in [0.25, 0.3) is 5.57 Å². The Hall–Kier alpha value is -2.09. The molecule has 0 amide bonds. The third-order valence-corrected chi connectivity index (χ3v) is 3.43. The van der Waals surface area contributed by atoms with Gasteiger partial charge in [0.05, 0.1) is 5.57 Å². The maximum atomic E-state index is 8.96. The Morgan fingerprint density at radius 1 is 1.12 bits per heavy atom. The van der Waals surface area contributed by atoms with E-state index >= 15 is 0 Å². The Kier molecular flexibility index (Phi) is 3.84. The van der Waals surface area contributed by atoms with Crippen molar-refractivity contribution in [2.75, 3.05) is 0 Å². The molecule has 0 N–H and O–H groups in total. The van der Waals surface area contributed by atoms with E-state index in [1.807, 2.05) is 12.1 Å². The van der Waals surface area contributed by atoms with Gasteiger partial charge in [0.25, 0.3) is 0 Å². The Bertz CT molecular complexity index is 528. The average Bonchev–Trinajstić information content (AvgIpc) is 2.74. The van der Waals surface area contributed by atoms with Crippen molar-refractivity contribution in [3.63, 3.8) is 0 Å². The molecular formula is C12H9N3S. The van der Waals surface area contributed by atoms with Gasteiger partial charge < -0.3 is 0 Å². The Balaban J connectivity index is 3.29. The van der Waals surface area contributed by atoms with Crippen LogP contribution in [-0.4, -0.2) is 0 Å². The summed E-state index contributed by atoms with van der Waals surface area (Å²) in [6, 6.07) is 9.11. The number of allylic oxidation sites excluding steroid dienone is 2. The van der Waals surface area contributed by atoms with Crippen molar-refractivity contribution < 1.29 is 0 Å². The van der Waals surface area contributed by atoms with Gasteiger partial charge in [0.1, 0.15) is 23.8 Å². The number of thiophene rings is 1. The maximum absolute atomic E-state index is 8.96. The minimum atomic E-state index is -0.125. The third-order valence-electron chi connectivity index (χ3n) is 2.03. The molecule has 1 aromatic heterocycles. The minimum Gasteiger partial charge on any atom is -0.192 e. The zero-order valence-corrected chi connectivity index (χ0v) is 9.80. The monoisotopic (exact) mass is 227 g/mol. The second-order valence-corrected chi connectivity index (χ2v) is 4.56. The molecule has 0 atom stereocenters. The maximum Gasteiger partial charge on any atom is 0.148 e. The molecule has 0 unspecified atom stereocenters. The number of nitrogens with zero attached hydrogens (tertiary/aromatic N) is 3. The summed E-state index contributed by atoms with van der Waals surface area (Å²) in [5, 5.41) is 26.4. The Morgan fingerprint density at radius 2 is 1.75 bits per heavy atom. The highest BCUT2D eigenvalue weighted by Gasteiger charge is 2.12. The highest BCUT2D eigenvalue weighted by atomic mass is 32.1. The summed E-state index contributed by atoms with van der Waals surface area (Å²) in [7, 11) is 0. The summed E-state index contributed by atoms with van der Waals surface area (Å²) in [6.45, 7) is 4.11. The average molecular weight is 227 g/mol. The third kappa shape index (κ3) is 2.28. The molecule has 0 fully saturated rings. The number of hydrogen-bond acceptors (Lipinski definition) is 4. The van der Waals surface area contributed by atoms with Gasteiger partial charge in [0, 0.05) is 9.75 Å². The molecule has 0 bridgehead atoms. The minimum absolute atomic E-state index is 0.125. The lowest BCUT2D eigenvalue weighted by Gasteiger charge is -1.97. The topological polar surface area (TPSA) is 71.4 Å². The van der Waals surface area contributed by atoms with E-state index in [2.05, 4.69) is 13.8 Å². The number of nitriles is 3. The van der Waals surface area contributed by atoms with Crippen molar-refractivity contribution in [3.05, 3.63) is 27.5 Å². The Labute approximate surface area is 98.5 Å². The molecule has 78 valence electrons. The van der Waals surface area contributed by atoms with Crippen LogP contribution in [0.5, 0.6) is 0 Å². The second-order valence-electron chi connectivity index (χ2n) is 3.44. The summed E-state index contributed by atoms with van der Waals surface area (Å²) in [5.41, 5.74) is 0.0431. The van der Waals surface area contributed by atoms with Crippen molar-refractivity contribution in [1.29, 1.82) is 15.8 Å². The normalized spacial score (nSPS) is 9.00. The lowest BCUT2D eigenvalue weighted by atomic mass is 10.1. The van der Waals surface area contributed by atoms with Crippen LogP contribution < -0.4 is 0 Å². The van der Waals surface area contributed by atoms with Gasteiger partial charge in [-0.15, -0.1) is 11.3 Å². The van der Waals surface area contributed by atoms with Crippen LogP contribution in [-0.2, 0) is 0 Å². The van der Waals surface area contributed by atoms with Gasteiger partial charge >= 0.3 is 0 Å². The van der Waals surface area contributed by atoms with Crippen molar-refractivity contribution in [1.82, 2.24) is 0 Å². The highest BCUT2D eigenvalue weighted by molar-refractivity contribution is 7.13. The number of rotatable bonds is 2. The van der Waals surface area contributed by atoms with Gasteiger partial charge in [-0.1, -0.05) is 13.8 Å². The summed E-state index contributed by atoms with van der Waals surface area (Å²) >= 11 is 1.45. The van der Waals surface area contributed by atoms with E-state index < -0.39 is 0 Å². The molecule has 1 aromatic rings. The first kappa shape index (κ1) is 12.0. The standard InChI is InChI=1S/C12H9N3S/c1-8(2)11-3-4-12(16-11)10(7-15)9(5-13)6-14/h3-4,8H,1-2H3. The summed E-state index contributed by atoms with van der Waals surface area (Å²) < 4.78 is 0. The quantitative estimate of drug-likeness (QED) is 0.728. The highest BCUT2D eigenvalue weighted by Crippen LogP contribution is 2.30. The molecule has 4 heteroatoms. The first-order chi connectivity index (χ1) is 7.63. The molecule has 0 aromatic carbocycles. The lowest BCUT2D eigenvalue weighted by molar-refractivity contribution is 0.890. The fourth-order valence-electron chi connectivity index (χ4n) is 1.17. The fourth-order valence-corrected chi connectivity index (χ4v) is 2.18. The van der Waals surface area contributed by atoms with Crippen molar-refractivity contribution in [3.8, 4) is 18.2 Å². The van der Waals surface area contributed by atoms with Crippen molar-refractivity contribution >= 4 is 16.9 Å². The smallest absolute Gasteiger partial charge is 0.148 e. The van der Waals surface area contributed by atoms with Crippen molar-refractivity contribution in [2.45, 2.75) is 19.8 Å². The van der Waals surface area contributed by atoms with E-state index in [0.29, 0.717) is 10.8 Å². The zero-order chi connectivity index (χ0) is 12.1. The molecule has 1 rings (SSSR count).